The highest BCUT2D eigenvalue weighted by molar-refractivity contribution is 6.13. The molecular formula is C14H16O5. The number of methoxy groups -OCH3 is 2. The van der Waals surface area contributed by atoms with Gasteiger partial charge in [-0.25, -0.2) is 9.59 Å². The number of hydrogen-bond donors (Lipinski definition) is 0. The smallest absolute Gasteiger partial charge is 0.345 e. The van der Waals surface area contributed by atoms with Crippen molar-refractivity contribution in [3.05, 3.63) is 47.5 Å². The first-order chi connectivity index (χ1) is 9.19. The maximum atomic E-state index is 11.3. The monoisotopic (exact) mass is 264 g/mol. The van der Waals surface area contributed by atoms with Gasteiger partial charge in [0.15, 0.2) is 0 Å². The van der Waals surface area contributed by atoms with E-state index < -0.39 is 11.9 Å². The molecule has 0 saturated carbocycles. The van der Waals surface area contributed by atoms with Crippen molar-refractivity contribution in [2.45, 2.75) is 6.61 Å². The average Bonchev–Trinajstić information content (AvgIpc) is 2.47. The van der Waals surface area contributed by atoms with Gasteiger partial charge in [-0.2, -0.15) is 0 Å². The molecule has 5 nitrogen and oxygen atoms in total. The normalized spacial score (nSPS) is 9.58. The van der Waals surface area contributed by atoms with Gasteiger partial charge in [-0.05, 0) is 11.6 Å². The third-order valence-electron chi connectivity index (χ3n) is 2.33. The molecule has 0 aliphatic rings. The van der Waals surface area contributed by atoms with Crippen LogP contribution in [0, 0.1) is 0 Å². The fourth-order valence-corrected chi connectivity index (χ4v) is 1.36. The Morgan fingerprint density at radius 2 is 1.63 bits per heavy atom. The molecule has 0 bridgehead atoms. The lowest BCUT2D eigenvalue weighted by molar-refractivity contribution is -0.144. The van der Waals surface area contributed by atoms with Gasteiger partial charge in [-0.3, -0.25) is 0 Å². The molecular weight excluding hydrogens is 248 g/mol. The Hall–Kier alpha value is -2.14. The van der Waals surface area contributed by atoms with Crippen molar-refractivity contribution >= 4 is 11.9 Å². The minimum Gasteiger partial charge on any atom is -0.465 e. The standard InChI is InChI=1S/C14H16O5/c1-17-13(15)12(14(16)18-2)8-9-19-10-11-6-4-3-5-7-11/h3-8H,9-10H2,1-2H3. The maximum Gasteiger partial charge on any atom is 0.345 e. The predicted octanol–water partition coefficient (Wildman–Crippen LogP) is 1.48. The zero-order valence-electron chi connectivity index (χ0n) is 10.9. The Balaban J connectivity index is 2.52. The Bertz CT molecular complexity index is 432. The molecule has 0 N–H and O–H groups in total. The van der Waals surface area contributed by atoms with Crippen LogP contribution in [0.15, 0.2) is 42.0 Å². The van der Waals surface area contributed by atoms with Crippen LogP contribution in [0.25, 0.3) is 0 Å². The topological polar surface area (TPSA) is 61.8 Å². The van der Waals surface area contributed by atoms with Gasteiger partial charge >= 0.3 is 11.9 Å². The second kappa shape index (κ2) is 8.05. The Morgan fingerprint density at radius 3 is 2.16 bits per heavy atom. The van der Waals surface area contributed by atoms with Crippen LogP contribution in [-0.2, 0) is 30.4 Å². The van der Waals surface area contributed by atoms with Crippen LogP contribution in [0.1, 0.15) is 5.56 Å². The first-order valence-electron chi connectivity index (χ1n) is 5.67. The highest BCUT2D eigenvalue weighted by Gasteiger charge is 2.18. The summed E-state index contributed by atoms with van der Waals surface area (Å²) in [6.45, 7) is 0.515. The van der Waals surface area contributed by atoms with Gasteiger partial charge in [-0.1, -0.05) is 30.3 Å². The van der Waals surface area contributed by atoms with Crippen molar-refractivity contribution in [3.63, 3.8) is 0 Å². The van der Waals surface area contributed by atoms with E-state index >= 15 is 0 Å². The molecule has 0 amide bonds. The van der Waals surface area contributed by atoms with Crippen LogP contribution in [0.4, 0.5) is 0 Å². The Morgan fingerprint density at radius 1 is 1.05 bits per heavy atom. The maximum absolute atomic E-state index is 11.3. The van der Waals surface area contributed by atoms with Gasteiger partial charge in [-0.15, -0.1) is 0 Å². The largest absolute Gasteiger partial charge is 0.465 e. The van der Waals surface area contributed by atoms with E-state index in [0.717, 1.165) is 5.56 Å². The highest BCUT2D eigenvalue weighted by Crippen LogP contribution is 2.03. The molecule has 0 saturated heterocycles. The number of rotatable bonds is 6. The van der Waals surface area contributed by atoms with Crippen molar-refractivity contribution in [1.82, 2.24) is 0 Å². The summed E-state index contributed by atoms with van der Waals surface area (Å²) in [5.41, 5.74) is 0.839. The van der Waals surface area contributed by atoms with Gasteiger partial charge in [0.05, 0.1) is 27.4 Å². The molecule has 0 aliphatic carbocycles. The summed E-state index contributed by atoms with van der Waals surface area (Å²) < 4.78 is 14.3. The van der Waals surface area contributed by atoms with Crippen LogP contribution in [0.2, 0.25) is 0 Å². The number of ether oxygens (including phenoxy) is 3. The van der Waals surface area contributed by atoms with Crippen LogP contribution in [-0.4, -0.2) is 32.8 Å². The molecule has 1 aromatic carbocycles. The quantitative estimate of drug-likeness (QED) is 0.256. The molecule has 0 unspecified atom stereocenters. The molecule has 0 aromatic heterocycles. The van der Waals surface area contributed by atoms with E-state index in [0.29, 0.717) is 6.61 Å². The minimum absolute atomic E-state index is 0.119. The molecule has 0 spiro atoms. The van der Waals surface area contributed by atoms with Crippen molar-refractivity contribution in [2.24, 2.45) is 0 Å². The molecule has 1 rings (SSSR count). The van der Waals surface area contributed by atoms with Gasteiger partial charge in [0, 0.05) is 0 Å². The van der Waals surface area contributed by atoms with Crippen LogP contribution in [0.3, 0.4) is 0 Å². The number of esters is 2. The lowest BCUT2D eigenvalue weighted by Crippen LogP contribution is -2.16. The van der Waals surface area contributed by atoms with E-state index in [9.17, 15) is 9.59 Å². The summed E-state index contributed by atoms with van der Waals surface area (Å²) in [7, 11) is 2.40. The number of carbonyl (C=O) groups is 2. The van der Waals surface area contributed by atoms with Crippen molar-refractivity contribution in [1.29, 1.82) is 0 Å². The molecule has 102 valence electrons. The summed E-state index contributed by atoms with van der Waals surface area (Å²) in [5.74, 6) is -1.48. The van der Waals surface area contributed by atoms with Crippen molar-refractivity contribution < 1.29 is 23.8 Å². The summed E-state index contributed by atoms with van der Waals surface area (Å²) >= 11 is 0. The Kier molecular flexibility index (Phi) is 6.32. The number of benzene rings is 1. The second-order valence-corrected chi connectivity index (χ2v) is 3.60. The zero-order valence-corrected chi connectivity index (χ0v) is 10.9. The average molecular weight is 264 g/mol. The molecule has 19 heavy (non-hydrogen) atoms. The van der Waals surface area contributed by atoms with Gasteiger partial charge in [0.2, 0.25) is 0 Å². The predicted molar refractivity (Wildman–Crippen MR) is 68.2 cm³/mol. The van der Waals surface area contributed by atoms with Gasteiger partial charge in [0.25, 0.3) is 0 Å². The van der Waals surface area contributed by atoms with Crippen LogP contribution < -0.4 is 0 Å². The minimum atomic E-state index is -0.741. The molecule has 0 atom stereocenters. The second-order valence-electron chi connectivity index (χ2n) is 3.60. The van der Waals surface area contributed by atoms with E-state index in [1.807, 2.05) is 30.3 Å². The number of hydrogen-bond acceptors (Lipinski definition) is 5. The summed E-state index contributed by atoms with van der Waals surface area (Å²) in [4.78, 5) is 22.7. The van der Waals surface area contributed by atoms with E-state index in [1.54, 1.807) is 0 Å². The third kappa shape index (κ3) is 4.93. The van der Waals surface area contributed by atoms with Crippen LogP contribution >= 0.6 is 0 Å². The van der Waals surface area contributed by atoms with Crippen molar-refractivity contribution in [2.75, 3.05) is 20.8 Å². The zero-order chi connectivity index (χ0) is 14.1. The van der Waals surface area contributed by atoms with E-state index in [2.05, 4.69) is 9.47 Å². The van der Waals surface area contributed by atoms with Gasteiger partial charge in [0.1, 0.15) is 5.57 Å². The van der Waals surface area contributed by atoms with Gasteiger partial charge < -0.3 is 14.2 Å². The van der Waals surface area contributed by atoms with Crippen LogP contribution in [0.5, 0.6) is 0 Å². The van der Waals surface area contributed by atoms with E-state index in [-0.39, 0.29) is 12.2 Å². The first-order valence-corrected chi connectivity index (χ1v) is 5.67. The molecule has 0 aliphatic heterocycles. The summed E-state index contributed by atoms with van der Waals surface area (Å²) in [6.07, 6.45) is 1.35. The third-order valence-corrected chi connectivity index (χ3v) is 2.33. The molecule has 5 heteroatoms. The molecule has 1 aromatic rings. The van der Waals surface area contributed by atoms with E-state index in [4.69, 9.17) is 4.74 Å². The first kappa shape index (κ1) is 14.9. The lowest BCUT2D eigenvalue weighted by Gasteiger charge is -2.04. The number of carbonyl (C=O) groups excluding carboxylic acids is 2. The van der Waals surface area contributed by atoms with Crippen molar-refractivity contribution in [3.8, 4) is 0 Å². The fraction of sp³-hybridized carbons (Fsp3) is 0.286. The molecule has 0 heterocycles. The fourth-order valence-electron chi connectivity index (χ4n) is 1.36. The Labute approximate surface area is 111 Å². The SMILES string of the molecule is COC(=O)C(=CCOCc1ccccc1)C(=O)OC. The molecule has 0 fully saturated rings. The van der Waals surface area contributed by atoms with E-state index in [1.165, 1.54) is 20.3 Å². The summed E-state index contributed by atoms with van der Waals surface area (Å²) in [5, 5.41) is 0. The summed E-state index contributed by atoms with van der Waals surface area (Å²) in [6, 6.07) is 9.57. The molecule has 0 radical (unpaired) electrons. The lowest BCUT2D eigenvalue weighted by atomic mass is 10.2. The highest BCUT2D eigenvalue weighted by atomic mass is 16.5.